The summed E-state index contributed by atoms with van der Waals surface area (Å²) < 4.78 is 28.6. The van der Waals surface area contributed by atoms with Crippen molar-refractivity contribution in [3.8, 4) is 6.07 Å². The van der Waals surface area contributed by atoms with Crippen molar-refractivity contribution in [2.24, 2.45) is 5.92 Å². The quantitative estimate of drug-likeness (QED) is 0.810. The molecule has 4 fully saturated rings. The zero-order chi connectivity index (χ0) is 19.3. The van der Waals surface area contributed by atoms with Gasteiger partial charge in [0.15, 0.2) is 11.6 Å². The van der Waals surface area contributed by atoms with Gasteiger partial charge in [-0.1, -0.05) is 24.3 Å². The van der Waals surface area contributed by atoms with Crippen molar-refractivity contribution in [2.45, 2.75) is 37.4 Å². The molecular formula is C23H23F2N3. The van der Waals surface area contributed by atoms with Crippen molar-refractivity contribution in [1.82, 2.24) is 9.80 Å². The number of hydrogen-bond acceptors (Lipinski definition) is 3. The smallest absolute Gasteiger partial charge is 0.162 e. The summed E-state index contributed by atoms with van der Waals surface area (Å²) in [4.78, 5) is 4.94. The van der Waals surface area contributed by atoms with Gasteiger partial charge in [-0.3, -0.25) is 9.80 Å². The maximum atomic E-state index is 14.7. The highest BCUT2D eigenvalue weighted by Crippen LogP contribution is 2.47. The third-order valence-electron chi connectivity index (χ3n) is 6.92. The van der Waals surface area contributed by atoms with E-state index in [2.05, 4.69) is 15.9 Å². The highest BCUT2D eigenvalue weighted by molar-refractivity contribution is 5.34. The Kier molecular flexibility index (Phi) is 4.41. The lowest BCUT2D eigenvalue weighted by molar-refractivity contribution is -0.00888. The van der Waals surface area contributed by atoms with Gasteiger partial charge in [-0.05, 0) is 61.2 Å². The second-order valence-corrected chi connectivity index (χ2v) is 8.35. The molecule has 0 aromatic heterocycles. The Balaban J connectivity index is 1.50. The van der Waals surface area contributed by atoms with E-state index in [1.54, 1.807) is 12.1 Å². The molecule has 3 atom stereocenters. The molecule has 6 rings (SSSR count). The topological polar surface area (TPSA) is 30.3 Å². The van der Waals surface area contributed by atoms with Gasteiger partial charge in [-0.15, -0.1) is 0 Å². The Bertz CT molecular complexity index is 930. The van der Waals surface area contributed by atoms with Crippen LogP contribution in [0.15, 0.2) is 42.5 Å². The van der Waals surface area contributed by atoms with Crippen LogP contribution in [0.5, 0.6) is 0 Å². The van der Waals surface area contributed by atoms with Gasteiger partial charge in [0.25, 0.3) is 0 Å². The van der Waals surface area contributed by atoms with E-state index in [1.807, 2.05) is 24.3 Å². The number of halogens is 2. The second kappa shape index (κ2) is 6.95. The van der Waals surface area contributed by atoms with E-state index in [9.17, 15) is 14.0 Å². The first-order valence-corrected chi connectivity index (χ1v) is 10.1. The molecule has 2 bridgehead atoms. The second-order valence-electron chi connectivity index (χ2n) is 8.35. The molecule has 28 heavy (non-hydrogen) atoms. The molecule has 0 unspecified atom stereocenters. The van der Waals surface area contributed by atoms with Gasteiger partial charge < -0.3 is 0 Å². The summed E-state index contributed by atoms with van der Waals surface area (Å²) in [5.74, 6) is -0.869. The minimum absolute atomic E-state index is 0.0250. The van der Waals surface area contributed by atoms with Crippen LogP contribution in [0, 0.1) is 28.9 Å². The SMILES string of the molecule is N#Cc1cccc(CN2C[C@H](c3cccc(F)c3F)[C@H]3[C@@H]2C2CCN3CC2)c1. The Morgan fingerprint density at radius 2 is 1.82 bits per heavy atom. The van der Waals surface area contributed by atoms with Crippen LogP contribution >= 0.6 is 0 Å². The van der Waals surface area contributed by atoms with E-state index in [4.69, 9.17) is 0 Å². The predicted octanol–water partition coefficient (Wildman–Crippen LogP) is 3.90. The normalized spacial score (nSPS) is 31.5. The lowest BCUT2D eigenvalue weighted by atomic mass is 9.75. The Labute approximate surface area is 164 Å². The number of likely N-dealkylation sites (tertiary alicyclic amines) is 1. The lowest BCUT2D eigenvalue weighted by Gasteiger charge is -2.51. The largest absolute Gasteiger partial charge is 0.298 e. The third-order valence-corrected chi connectivity index (χ3v) is 6.92. The molecule has 4 aliphatic heterocycles. The fourth-order valence-corrected chi connectivity index (χ4v) is 5.78. The summed E-state index contributed by atoms with van der Waals surface area (Å²) in [6.07, 6.45) is 2.35. The van der Waals surface area contributed by atoms with Crippen molar-refractivity contribution in [1.29, 1.82) is 5.26 Å². The molecule has 0 saturated carbocycles. The monoisotopic (exact) mass is 379 g/mol. The summed E-state index contributed by atoms with van der Waals surface area (Å²) >= 11 is 0. The molecule has 2 aromatic rings. The number of hydrogen-bond donors (Lipinski definition) is 0. The van der Waals surface area contributed by atoms with Gasteiger partial charge in [-0.25, -0.2) is 8.78 Å². The summed E-state index contributed by atoms with van der Waals surface area (Å²) in [5, 5.41) is 9.20. The summed E-state index contributed by atoms with van der Waals surface area (Å²) in [6.45, 7) is 3.57. The van der Waals surface area contributed by atoms with E-state index >= 15 is 0 Å². The summed E-state index contributed by atoms with van der Waals surface area (Å²) in [7, 11) is 0. The minimum Gasteiger partial charge on any atom is -0.298 e. The van der Waals surface area contributed by atoms with E-state index in [1.165, 1.54) is 18.9 Å². The van der Waals surface area contributed by atoms with Crippen LogP contribution in [0.2, 0.25) is 0 Å². The molecule has 5 heteroatoms. The van der Waals surface area contributed by atoms with Crippen molar-refractivity contribution in [3.63, 3.8) is 0 Å². The number of piperidine rings is 3. The number of benzene rings is 2. The average Bonchev–Trinajstić information content (AvgIpc) is 3.12. The van der Waals surface area contributed by atoms with Gasteiger partial charge in [-0.2, -0.15) is 5.26 Å². The molecule has 0 amide bonds. The van der Waals surface area contributed by atoms with Crippen molar-refractivity contribution in [3.05, 3.63) is 70.8 Å². The van der Waals surface area contributed by atoms with E-state index < -0.39 is 11.6 Å². The van der Waals surface area contributed by atoms with Crippen molar-refractivity contribution >= 4 is 0 Å². The van der Waals surface area contributed by atoms with Crippen LogP contribution in [0.3, 0.4) is 0 Å². The molecule has 0 spiro atoms. The van der Waals surface area contributed by atoms with E-state index in [0.717, 1.165) is 31.7 Å². The fraction of sp³-hybridized carbons (Fsp3) is 0.435. The molecule has 3 nitrogen and oxygen atoms in total. The molecule has 0 N–H and O–H groups in total. The fourth-order valence-electron chi connectivity index (χ4n) is 5.78. The maximum absolute atomic E-state index is 14.7. The molecular weight excluding hydrogens is 356 g/mol. The molecule has 4 heterocycles. The van der Waals surface area contributed by atoms with Crippen LogP contribution in [0.25, 0.3) is 0 Å². The van der Waals surface area contributed by atoms with Crippen LogP contribution < -0.4 is 0 Å². The first-order valence-electron chi connectivity index (χ1n) is 10.1. The molecule has 0 aliphatic carbocycles. The van der Waals surface area contributed by atoms with Crippen LogP contribution in [-0.4, -0.2) is 41.5 Å². The zero-order valence-electron chi connectivity index (χ0n) is 15.7. The number of rotatable bonds is 3. The minimum atomic E-state index is -0.759. The van der Waals surface area contributed by atoms with Crippen molar-refractivity contribution < 1.29 is 8.78 Å². The van der Waals surface area contributed by atoms with Gasteiger partial charge >= 0.3 is 0 Å². The summed E-state index contributed by atoms with van der Waals surface area (Å²) in [6, 6.07) is 15.1. The van der Waals surface area contributed by atoms with E-state index in [0.29, 0.717) is 23.1 Å². The van der Waals surface area contributed by atoms with Gasteiger partial charge in [0.05, 0.1) is 11.6 Å². The maximum Gasteiger partial charge on any atom is 0.162 e. The standard InChI is InChI=1S/C23H23F2N3/c24-20-6-2-5-18(21(20)25)19-14-28(13-16-4-1-3-15(11-16)12-26)22-17-7-9-27(10-8-17)23(19)22/h1-6,11,17,19,22-23H,7-10,13-14H2/t19-,22+,23+/m1/s1. The molecule has 4 saturated heterocycles. The molecule has 0 radical (unpaired) electrons. The lowest BCUT2D eigenvalue weighted by Crippen LogP contribution is -2.60. The van der Waals surface area contributed by atoms with Crippen LogP contribution in [0.1, 0.15) is 35.4 Å². The number of nitrogens with zero attached hydrogens (tertiary/aromatic N) is 3. The molecule has 144 valence electrons. The Hall–Kier alpha value is -2.29. The van der Waals surface area contributed by atoms with Gasteiger partial charge in [0, 0.05) is 31.1 Å². The molecule has 2 aromatic carbocycles. The van der Waals surface area contributed by atoms with Crippen LogP contribution in [0.4, 0.5) is 8.78 Å². The highest BCUT2D eigenvalue weighted by atomic mass is 19.2. The van der Waals surface area contributed by atoms with Gasteiger partial charge in [0.1, 0.15) is 0 Å². The number of fused-ring (bicyclic) bond motifs is 2. The average molecular weight is 379 g/mol. The molecule has 4 aliphatic rings. The first kappa shape index (κ1) is 17.8. The predicted molar refractivity (Wildman–Crippen MR) is 103 cm³/mol. The Morgan fingerprint density at radius 1 is 1.04 bits per heavy atom. The Morgan fingerprint density at radius 3 is 2.61 bits per heavy atom. The zero-order valence-corrected chi connectivity index (χ0v) is 15.7. The van der Waals surface area contributed by atoms with Crippen LogP contribution in [-0.2, 0) is 6.54 Å². The first-order chi connectivity index (χ1) is 13.7. The number of nitriles is 1. The van der Waals surface area contributed by atoms with Gasteiger partial charge in [0.2, 0.25) is 0 Å². The van der Waals surface area contributed by atoms with Crippen molar-refractivity contribution in [2.75, 3.05) is 19.6 Å². The third kappa shape index (κ3) is 2.83. The van der Waals surface area contributed by atoms with E-state index in [-0.39, 0.29) is 12.0 Å². The highest BCUT2D eigenvalue weighted by Gasteiger charge is 2.53. The summed E-state index contributed by atoms with van der Waals surface area (Å²) in [5.41, 5.74) is 2.28.